The summed E-state index contributed by atoms with van der Waals surface area (Å²) in [7, 11) is -3.64. The van der Waals surface area contributed by atoms with Crippen molar-refractivity contribution in [3.05, 3.63) is 30.3 Å². The zero-order valence-corrected chi connectivity index (χ0v) is 10.3. The van der Waals surface area contributed by atoms with E-state index in [4.69, 9.17) is 0 Å². The first-order valence-corrected chi connectivity index (χ1v) is 7.10. The minimum Gasteiger partial charge on any atom is -0.278 e. The Morgan fingerprint density at radius 2 is 1.65 bits per heavy atom. The summed E-state index contributed by atoms with van der Waals surface area (Å²) in [6.07, 6.45) is 3.27. The molecule has 0 N–H and O–H groups in total. The molecule has 92 valence electrons. The maximum Gasteiger partial charge on any atom is 0.301 e. The standard InChI is InChI=1S/C11H15N3O2S/c15-17(16,11-7-3-1-4-8-11)13-12-14-9-5-2-6-10-14/h1,3-4,7-8H,2,5-6,9-10H2/b13-12+. The van der Waals surface area contributed by atoms with Gasteiger partial charge in [0.15, 0.2) is 0 Å². The molecular weight excluding hydrogens is 238 g/mol. The summed E-state index contributed by atoms with van der Waals surface area (Å²) in [5.41, 5.74) is 0. The summed E-state index contributed by atoms with van der Waals surface area (Å²) in [6.45, 7) is 1.57. The summed E-state index contributed by atoms with van der Waals surface area (Å²) in [4.78, 5) is 0.181. The summed E-state index contributed by atoms with van der Waals surface area (Å²) in [5, 5.41) is 5.51. The van der Waals surface area contributed by atoms with E-state index < -0.39 is 10.0 Å². The summed E-state index contributed by atoms with van der Waals surface area (Å²) in [5.74, 6) is 0. The van der Waals surface area contributed by atoms with E-state index in [1.54, 1.807) is 23.2 Å². The van der Waals surface area contributed by atoms with Crippen LogP contribution in [0.5, 0.6) is 0 Å². The van der Waals surface area contributed by atoms with Gasteiger partial charge >= 0.3 is 10.0 Å². The van der Waals surface area contributed by atoms with Gasteiger partial charge in [0, 0.05) is 13.1 Å². The third-order valence-electron chi connectivity index (χ3n) is 2.64. The van der Waals surface area contributed by atoms with Crippen molar-refractivity contribution >= 4 is 10.0 Å². The lowest BCUT2D eigenvalue weighted by atomic mass is 10.2. The highest BCUT2D eigenvalue weighted by Crippen LogP contribution is 2.14. The Balaban J connectivity index is 2.09. The van der Waals surface area contributed by atoms with Gasteiger partial charge in [-0.1, -0.05) is 23.4 Å². The molecule has 0 bridgehead atoms. The second kappa shape index (κ2) is 5.27. The number of hydrogen-bond donors (Lipinski definition) is 0. The zero-order chi connectivity index (χ0) is 12.1. The molecule has 0 spiro atoms. The minimum absolute atomic E-state index is 0.181. The maximum atomic E-state index is 11.8. The second-order valence-corrected chi connectivity index (χ2v) is 5.56. The topological polar surface area (TPSA) is 62.1 Å². The first kappa shape index (κ1) is 12.0. The van der Waals surface area contributed by atoms with Crippen molar-refractivity contribution in [1.29, 1.82) is 0 Å². The van der Waals surface area contributed by atoms with Gasteiger partial charge in [0.25, 0.3) is 0 Å². The van der Waals surface area contributed by atoms with Gasteiger partial charge in [0.2, 0.25) is 0 Å². The van der Waals surface area contributed by atoms with Gasteiger partial charge in [0.05, 0.1) is 4.90 Å². The van der Waals surface area contributed by atoms with Crippen molar-refractivity contribution in [2.45, 2.75) is 24.2 Å². The van der Waals surface area contributed by atoms with Gasteiger partial charge in [-0.05, 0) is 35.9 Å². The van der Waals surface area contributed by atoms with Gasteiger partial charge in [-0.3, -0.25) is 5.01 Å². The Morgan fingerprint density at radius 1 is 1.00 bits per heavy atom. The van der Waals surface area contributed by atoms with E-state index in [1.165, 1.54) is 18.6 Å². The number of nitrogens with zero attached hydrogens (tertiary/aromatic N) is 3. The highest BCUT2D eigenvalue weighted by molar-refractivity contribution is 7.90. The molecule has 0 aromatic heterocycles. The van der Waals surface area contributed by atoms with Crippen LogP contribution in [0.4, 0.5) is 0 Å². The lowest BCUT2D eigenvalue weighted by molar-refractivity contribution is 0.226. The number of benzene rings is 1. The Labute approximate surface area is 101 Å². The van der Waals surface area contributed by atoms with Crippen LogP contribution in [0, 0.1) is 0 Å². The van der Waals surface area contributed by atoms with Gasteiger partial charge in [-0.25, -0.2) is 0 Å². The molecule has 1 aliphatic heterocycles. The van der Waals surface area contributed by atoms with E-state index in [2.05, 4.69) is 9.74 Å². The average Bonchev–Trinajstić information content (AvgIpc) is 2.39. The average molecular weight is 253 g/mol. The number of sulfonamides is 1. The van der Waals surface area contributed by atoms with Crippen molar-refractivity contribution in [3.8, 4) is 0 Å². The van der Waals surface area contributed by atoms with E-state index in [1.807, 2.05) is 0 Å². The smallest absolute Gasteiger partial charge is 0.278 e. The van der Waals surface area contributed by atoms with Crippen LogP contribution in [0.15, 0.2) is 45.0 Å². The molecule has 1 heterocycles. The third-order valence-corrected chi connectivity index (χ3v) is 3.80. The fourth-order valence-corrected chi connectivity index (χ4v) is 2.50. The van der Waals surface area contributed by atoms with Gasteiger partial charge < -0.3 is 0 Å². The van der Waals surface area contributed by atoms with Crippen molar-refractivity contribution in [3.63, 3.8) is 0 Å². The molecule has 2 rings (SSSR count). The molecule has 6 heteroatoms. The summed E-state index contributed by atoms with van der Waals surface area (Å²) in [6, 6.07) is 8.14. The molecule has 0 atom stereocenters. The molecule has 1 saturated heterocycles. The van der Waals surface area contributed by atoms with Crippen LogP contribution in [0.1, 0.15) is 19.3 Å². The quantitative estimate of drug-likeness (QED) is 0.776. The van der Waals surface area contributed by atoms with E-state index in [9.17, 15) is 8.42 Å². The highest BCUT2D eigenvalue weighted by atomic mass is 32.2. The fraction of sp³-hybridized carbons (Fsp3) is 0.455. The molecule has 17 heavy (non-hydrogen) atoms. The van der Waals surface area contributed by atoms with E-state index >= 15 is 0 Å². The van der Waals surface area contributed by atoms with Gasteiger partial charge in [-0.2, -0.15) is 8.42 Å². The van der Waals surface area contributed by atoms with Crippen LogP contribution in [0.3, 0.4) is 0 Å². The van der Waals surface area contributed by atoms with Crippen LogP contribution in [0.2, 0.25) is 0 Å². The molecule has 0 radical (unpaired) electrons. The van der Waals surface area contributed by atoms with Crippen molar-refractivity contribution in [2.24, 2.45) is 9.74 Å². The Morgan fingerprint density at radius 3 is 2.29 bits per heavy atom. The van der Waals surface area contributed by atoms with Gasteiger partial charge in [-0.15, -0.1) is 0 Å². The normalized spacial score (nSPS) is 17.5. The Bertz CT molecular complexity index is 479. The van der Waals surface area contributed by atoms with E-state index in [-0.39, 0.29) is 4.90 Å². The van der Waals surface area contributed by atoms with Crippen LogP contribution in [0.25, 0.3) is 0 Å². The predicted molar refractivity (Wildman–Crippen MR) is 63.9 cm³/mol. The minimum atomic E-state index is -3.64. The summed E-state index contributed by atoms with van der Waals surface area (Å²) >= 11 is 0. The molecule has 0 amide bonds. The van der Waals surface area contributed by atoms with Crippen molar-refractivity contribution in [2.75, 3.05) is 13.1 Å². The van der Waals surface area contributed by atoms with Gasteiger partial charge in [0.1, 0.15) is 0 Å². The first-order valence-electron chi connectivity index (χ1n) is 5.66. The lowest BCUT2D eigenvalue weighted by Gasteiger charge is -2.21. The number of rotatable bonds is 3. The van der Waals surface area contributed by atoms with Crippen LogP contribution >= 0.6 is 0 Å². The lowest BCUT2D eigenvalue weighted by Crippen LogP contribution is -2.24. The zero-order valence-electron chi connectivity index (χ0n) is 9.49. The van der Waals surface area contributed by atoms with E-state index in [0.717, 1.165) is 25.9 Å². The molecule has 0 unspecified atom stereocenters. The maximum absolute atomic E-state index is 11.8. The highest BCUT2D eigenvalue weighted by Gasteiger charge is 2.13. The van der Waals surface area contributed by atoms with Crippen LogP contribution in [-0.4, -0.2) is 26.5 Å². The molecule has 1 aromatic rings. The number of hydrogen-bond acceptors (Lipinski definition) is 3. The third kappa shape index (κ3) is 3.26. The van der Waals surface area contributed by atoms with Crippen LogP contribution in [-0.2, 0) is 10.0 Å². The molecule has 0 aliphatic carbocycles. The molecule has 0 saturated carbocycles. The molecule has 1 fully saturated rings. The predicted octanol–water partition coefficient (Wildman–Crippen LogP) is 2.23. The summed E-state index contributed by atoms with van der Waals surface area (Å²) < 4.78 is 27.0. The first-order chi connectivity index (χ1) is 8.18. The van der Waals surface area contributed by atoms with Crippen molar-refractivity contribution < 1.29 is 8.42 Å². The van der Waals surface area contributed by atoms with Crippen LogP contribution < -0.4 is 0 Å². The molecular formula is C11H15N3O2S. The molecule has 5 nitrogen and oxygen atoms in total. The second-order valence-electron chi connectivity index (χ2n) is 3.97. The molecule has 1 aliphatic rings. The van der Waals surface area contributed by atoms with E-state index in [0.29, 0.717) is 0 Å². The number of piperidine rings is 1. The Hall–Kier alpha value is -1.43. The van der Waals surface area contributed by atoms with Crippen molar-refractivity contribution in [1.82, 2.24) is 5.01 Å². The fourth-order valence-electron chi connectivity index (χ4n) is 1.71. The Kier molecular flexibility index (Phi) is 3.73. The monoisotopic (exact) mass is 253 g/mol. The SMILES string of the molecule is O=S(=O)(/N=N/N1CCCCC1)c1ccccc1. The molecule has 1 aromatic carbocycles. The largest absolute Gasteiger partial charge is 0.301 e.